The third-order valence-corrected chi connectivity index (χ3v) is 4.72. The van der Waals surface area contributed by atoms with Crippen molar-refractivity contribution in [1.82, 2.24) is 9.47 Å². The van der Waals surface area contributed by atoms with Gasteiger partial charge in [-0.1, -0.05) is 6.07 Å². The molecule has 0 aliphatic rings. The summed E-state index contributed by atoms with van der Waals surface area (Å²) in [6.07, 6.45) is 4.48. The number of rotatable bonds is 7. The fourth-order valence-corrected chi connectivity index (χ4v) is 3.24. The van der Waals surface area contributed by atoms with Gasteiger partial charge in [-0.3, -0.25) is 0 Å². The van der Waals surface area contributed by atoms with Gasteiger partial charge in [0.2, 0.25) is 10.0 Å². The van der Waals surface area contributed by atoms with Crippen molar-refractivity contribution < 1.29 is 8.42 Å². The molecule has 22 heavy (non-hydrogen) atoms. The summed E-state index contributed by atoms with van der Waals surface area (Å²) in [5.41, 5.74) is 3.71. The summed E-state index contributed by atoms with van der Waals surface area (Å²) in [4.78, 5) is 2.18. The smallest absolute Gasteiger partial charge is 0.209 e. The zero-order chi connectivity index (χ0) is 16.3. The molecular formula is C16H25N3O2S. The molecule has 1 heterocycles. The van der Waals surface area contributed by atoms with Crippen LogP contribution >= 0.6 is 0 Å². The van der Waals surface area contributed by atoms with Crippen LogP contribution in [0.15, 0.2) is 24.4 Å². The predicted molar refractivity (Wildman–Crippen MR) is 91.5 cm³/mol. The lowest BCUT2D eigenvalue weighted by Crippen LogP contribution is -2.16. The molecule has 0 aliphatic heterocycles. The molecule has 0 spiro atoms. The van der Waals surface area contributed by atoms with Crippen molar-refractivity contribution in [2.45, 2.75) is 19.3 Å². The molecule has 0 unspecified atom stereocenters. The Morgan fingerprint density at radius 2 is 1.95 bits per heavy atom. The zero-order valence-corrected chi connectivity index (χ0v) is 14.4. The second-order valence-electron chi connectivity index (χ2n) is 6.14. The van der Waals surface area contributed by atoms with Gasteiger partial charge in [-0.25, -0.2) is 13.6 Å². The molecular weight excluding hydrogens is 298 g/mol. The van der Waals surface area contributed by atoms with Crippen LogP contribution in [0.5, 0.6) is 0 Å². The van der Waals surface area contributed by atoms with Gasteiger partial charge in [-0.05, 0) is 56.6 Å². The first-order valence-electron chi connectivity index (χ1n) is 7.48. The molecule has 0 amide bonds. The van der Waals surface area contributed by atoms with Gasteiger partial charge in [0.05, 0.1) is 5.75 Å². The molecule has 0 saturated carbocycles. The van der Waals surface area contributed by atoms with Crippen molar-refractivity contribution in [2.24, 2.45) is 12.2 Å². The van der Waals surface area contributed by atoms with Crippen LogP contribution in [0, 0.1) is 0 Å². The number of aromatic nitrogens is 1. The lowest BCUT2D eigenvalue weighted by atomic mass is 10.0. The molecule has 2 N–H and O–H groups in total. The van der Waals surface area contributed by atoms with E-state index in [1.165, 1.54) is 16.5 Å². The van der Waals surface area contributed by atoms with Crippen LogP contribution in [0.3, 0.4) is 0 Å². The SMILES string of the molecule is CN(C)CCc1cn(C)c2ccc(CCCS(N)(=O)=O)cc12. The monoisotopic (exact) mass is 323 g/mol. The zero-order valence-electron chi connectivity index (χ0n) is 13.5. The average molecular weight is 323 g/mol. The molecule has 1 aromatic carbocycles. The molecule has 122 valence electrons. The van der Waals surface area contributed by atoms with Crippen LogP contribution in [-0.2, 0) is 29.9 Å². The van der Waals surface area contributed by atoms with Gasteiger partial charge in [-0.2, -0.15) is 0 Å². The Bertz CT molecular complexity index is 748. The van der Waals surface area contributed by atoms with E-state index in [-0.39, 0.29) is 5.75 Å². The Morgan fingerprint density at radius 1 is 1.23 bits per heavy atom. The maximum atomic E-state index is 11.0. The summed E-state index contributed by atoms with van der Waals surface area (Å²) in [6, 6.07) is 6.37. The minimum Gasteiger partial charge on any atom is -0.350 e. The van der Waals surface area contributed by atoms with Gasteiger partial charge in [0.1, 0.15) is 0 Å². The van der Waals surface area contributed by atoms with Gasteiger partial charge in [0.25, 0.3) is 0 Å². The minimum atomic E-state index is -3.37. The van der Waals surface area contributed by atoms with Gasteiger partial charge in [0, 0.05) is 30.7 Å². The van der Waals surface area contributed by atoms with Crippen molar-refractivity contribution in [3.63, 3.8) is 0 Å². The number of nitrogens with zero attached hydrogens (tertiary/aromatic N) is 2. The summed E-state index contributed by atoms with van der Waals surface area (Å²) >= 11 is 0. The minimum absolute atomic E-state index is 0.0350. The molecule has 0 fully saturated rings. The molecule has 0 radical (unpaired) electrons. The highest BCUT2D eigenvalue weighted by Crippen LogP contribution is 2.23. The topological polar surface area (TPSA) is 68.3 Å². The fourth-order valence-electron chi connectivity index (χ4n) is 2.70. The van der Waals surface area contributed by atoms with Crippen LogP contribution in [0.1, 0.15) is 17.5 Å². The lowest BCUT2D eigenvalue weighted by molar-refractivity contribution is 0.414. The van der Waals surface area contributed by atoms with E-state index in [9.17, 15) is 8.42 Å². The van der Waals surface area contributed by atoms with E-state index in [4.69, 9.17) is 5.14 Å². The first-order valence-corrected chi connectivity index (χ1v) is 9.20. The fraction of sp³-hybridized carbons (Fsp3) is 0.500. The summed E-state index contributed by atoms with van der Waals surface area (Å²) in [5.74, 6) is 0.0350. The standard InChI is InChI=1S/C16H25N3O2S/c1-18(2)9-8-14-12-19(3)16-7-6-13(11-15(14)16)5-4-10-22(17,20)21/h6-7,11-12H,4-5,8-10H2,1-3H3,(H2,17,20,21). The maximum Gasteiger partial charge on any atom is 0.209 e. The van der Waals surface area contributed by atoms with Gasteiger partial charge in [0.15, 0.2) is 0 Å². The molecule has 0 atom stereocenters. The maximum absolute atomic E-state index is 11.0. The number of primary sulfonamides is 1. The van der Waals surface area contributed by atoms with E-state index < -0.39 is 10.0 Å². The van der Waals surface area contributed by atoms with Crippen LogP contribution in [0.2, 0.25) is 0 Å². The van der Waals surface area contributed by atoms with Crippen LogP contribution < -0.4 is 5.14 Å². The molecule has 1 aromatic heterocycles. The summed E-state index contributed by atoms with van der Waals surface area (Å²) < 4.78 is 24.2. The number of nitrogens with two attached hydrogens (primary N) is 1. The predicted octanol–water partition coefficient (Wildman–Crippen LogP) is 1.50. The van der Waals surface area contributed by atoms with E-state index in [1.54, 1.807) is 0 Å². The number of fused-ring (bicyclic) bond motifs is 1. The average Bonchev–Trinajstić information content (AvgIpc) is 2.71. The van der Waals surface area contributed by atoms with E-state index >= 15 is 0 Å². The van der Waals surface area contributed by atoms with Crippen LogP contribution in [0.25, 0.3) is 10.9 Å². The molecule has 2 aromatic rings. The van der Waals surface area contributed by atoms with E-state index in [0.717, 1.165) is 24.9 Å². The highest BCUT2D eigenvalue weighted by atomic mass is 32.2. The highest BCUT2D eigenvalue weighted by molar-refractivity contribution is 7.89. The molecule has 2 rings (SSSR count). The van der Waals surface area contributed by atoms with Crippen LogP contribution in [0.4, 0.5) is 0 Å². The summed E-state index contributed by atoms with van der Waals surface area (Å²) in [7, 11) is 2.84. The van der Waals surface area contributed by atoms with Crippen molar-refractivity contribution in [3.05, 3.63) is 35.5 Å². The number of benzene rings is 1. The molecule has 0 aliphatic carbocycles. The van der Waals surface area contributed by atoms with Crippen LogP contribution in [-0.4, -0.2) is 44.3 Å². The Labute approximate surface area is 132 Å². The Balaban J connectivity index is 2.18. The van der Waals surface area contributed by atoms with Gasteiger partial charge in [-0.15, -0.1) is 0 Å². The van der Waals surface area contributed by atoms with Gasteiger partial charge >= 0.3 is 0 Å². The highest BCUT2D eigenvalue weighted by Gasteiger charge is 2.09. The third-order valence-electron chi connectivity index (χ3n) is 3.86. The number of sulfonamides is 1. The van der Waals surface area contributed by atoms with Crippen molar-refractivity contribution >= 4 is 20.9 Å². The normalized spacial score (nSPS) is 12.4. The second kappa shape index (κ2) is 6.81. The molecule has 0 saturated heterocycles. The quantitative estimate of drug-likeness (QED) is 0.839. The lowest BCUT2D eigenvalue weighted by Gasteiger charge is -2.08. The van der Waals surface area contributed by atoms with E-state index in [1.807, 2.05) is 0 Å². The largest absolute Gasteiger partial charge is 0.350 e. The third kappa shape index (κ3) is 4.56. The number of likely N-dealkylation sites (N-methyl/N-ethyl adjacent to an activating group) is 1. The molecule has 0 bridgehead atoms. The molecule has 6 heteroatoms. The summed E-state index contributed by atoms with van der Waals surface area (Å²) in [5, 5.41) is 6.31. The summed E-state index contributed by atoms with van der Waals surface area (Å²) in [6.45, 7) is 1.01. The number of hydrogen-bond acceptors (Lipinski definition) is 3. The Morgan fingerprint density at radius 3 is 2.59 bits per heavy atom. The van der Waals surface area contributed by atoms with E-state index in [2.05, 4.69) is 55.0 Å². The van der Waals surface area contributed by atoms with E-state index in [0.29, 0.717) is 6.42 Å². The van der Waals surface area contributed by atoms with Crippen molar-refractivity contribution in [1.29, 1.82) is 0 Å². The number of aryl methyl sites for hydroxylation is 2. The van der Waals surface area contributed by atoms with Crippen molar-refractivity contribution in [3.8, 4) is 0 Å². The second-order valence-corrected chi connectivity index (χ2v) is 7.87. The van der Waals surface area contributed by atoms with Crippen molar-refractivity contribution in [2.75, 3.05) is 26.4 Å². The number of hydrogen-bond donors (Lipinski definition) is 1. The first-order chi connectivity index (χ1) is 10.3. The van der Waals surface area contributed by atoms with Gasteiger partial charge < -0.3 is 9.47 Å². The first kappa shape index (κ1) is 17.0. The Kier molecular flexibility index (Phi) is 5.26. The molecule has 5 nitrogen and oxygen atoms in total. The Hall–Kier alpha value is -1.37.